The van der Waals surface area contributed by atoms with Crippen LogP contribution in [-0.2, 0) is 33.2 Å². The second kappa shape index (κ2) is 37.3. The van der Waals surface area contributed by atoms with Crippen molar-refractivity contribution >= 4 is 5.97 Å². The van der Waals surface area contributed by atoms with E-state index >= 15 is 0 Å². The van der Waals surface area contributed by atoms with Gasteiger partial charge in [-0.25, -0.2) is 0 Å². The number of aliphatic hydroxyl groups excluding tert-OH is 7. The van der Waals surface area contributed by atoms with Gasteiger partial charge in [0.25, 0.3) is 0 Å². The summed E-state index contributed by atoms with van der Waals surface area (Å²) in [6.45, 7) is 3.52. The molecule has 2 heterocycles. The highest BCUT2D eigenvalue weighted by molar-refractivity contribution is 5.69. The van der Waals surface area contributed by atoms with Crippen molar-refractivity contribution in [3.8, 4) is 0 Å². The molecule has 2 saturated heterocycles. The van der Waals surface area contributed by atoms with E-state index in [1.54, 1.807) is 0 Å². The topological polar surface area (TPSA) is 214 Å². The molecule has 2 fully saturated rings. The van der Waals surface area contributed by atoms with Crippen LogP contribution in [0.4, 0.5) is 0 Å². The second-order valence-corrected chi connectivity index (χ2v) is 17.3. The number of unbranched alkanes of at least 4 members (excludes halogenated alkanes) is 18. The maximum Gasteiger partial charge on any atom is 0.306 e. The second-order valence-electron chi connectivity index (χ2n) is 17.3. The molecule has 7 N–H and O–H groups in total. The lowest BCUT2D eigenvalue weighted by Crippen LogP contribution is -2.61. The summed E-state index contributed by atoms with van der Waals surface area (Å²) >= 11 is 0. The number of carbonyl (C=O) groups excluding carboxylic acids is 1. The Morgan fingerprint density at radius 1 is 0.540 bits per heavy atom. The summed E-state index contributed by atoms with van der Waals surface area (Å²) in [5, 5.41) is 72.0. The van der Waals surface area contributed by atoms with Crippen molar-refractivity contribution in [2.45, 2.75) is 235 Å². The van der Waals surface area contributed by atoms with Gasteiger partial charge >= 0.3 is 5.97 Å². The Kier molecular flexibility index (Phi) is 34.0. The van der Waals surface area contributed by atoms with Gasteiger partial charge in [0, 0.05) is 13.0 Å². The molecule has 0 aromatic heterocycles. The summed E-state index contributed by atoms with van der Waals surface area (Å²) < 4.78 is 34.2. The lowest BCUT2D eigenvalue weighted by molar-refractivity contribution is -0.332. The predicted octanol–water partition coefficient (Wildman–Crippen LogP) is 6.63. The number of allylic oxidation sites excluding steroid dienone is 6. The molecule has 2 rings (SSSR count). The van der Waals surface area contributed by atoms with Gasteiger partial charge in [0.05, 0.1) is 26.4 Å². The first-order valence-electron chi connectivity index (χ1n) is 24.6. The lowest BCUT2D eigenvalue weighted by atomic mass is 9.98. The molecular weight excluding hydrogens is 813 g/mol. The van der Waals surface area contributed by atoms with Crippen LogP contribution in [0.5, 0.6) is 0 Å². The highest BCUT2D eigenvalue weighted by Crippen LogP contribution is 2.26. The van der Waals surface area contributed by atoms with Gasteiger partial charge < -0.3 is 64.2 Å². The van der Waals surface area contributed by atoms with Crippen LogP contribution in [-0.4, -0.2) is 142 Å². The Balaban J connectivity index is 1.80. The van der Waals surface area contributed by atoms with Crippen molar-refractivity contribution in [3.05, 3.63) is 36.5 Å². The van der Waals surface area contributed by atoms with Gasteiger partial charge in [0.2, 0.25) is 0 Å². The summed E-state index contributed by atoms with van der Waals surface area (Å²) in [6, 6.07) is 0. The van der Waals surface area contributed by atoms with E-state index < -0.39 is 80.7 Å². The average molecular weight is 901 g/mol. The van der Waals surface area contributed by atoms with Gasteiger partial charge in [-0.1, -0.05) is 153 Å². The fraction of sp³-hybridized carbons (Fsp3) is 0.857. The van der Waals surface area contributed by atoms with Crippen molar-refractivity contribution in [2.24, 2.45) is 0 Å². The summed E-state index contributed by atoms with van der Waals surface area (Å²) in [5.41, 5.74) is 0. The van der Waals surface area contributed by atoms with E-state index in [4.69, 9.17) is 28.4 Å². The molecule has 0 radical (unpaired) electrons. The zero-order chi connectivity index (χ0) is 45.9. The number of esters is 1. The van der Waals surface area contributed by atoms with Gasteiger partial charge in [-0.15, -0.1) is 0 Å². The van der Waals surface area contributed by atoms with Crippen molar-refractivity contribution in [1.82, 2.24) is 0 Å². The standard InChI is InChI=1S/C49H88O14/c1-3-5-7-9-11-13-15-17-19-20-22-24-26-28-30-32-41(51)61-38(35-58-33-31-29-27-25-23-21-18-16-14-12-10-8-6-4-2)36-59-48-47(57)45(55)43(53)40(63-48)37-60-49-46(56)44(54)42(52)39(34-50)62-49/h6,8,12,14,18,21,38-40,42-50,52-57H,3-5,7,9-11,13,15-17,19-20,22-37H2,1-2H3/b8-6-,14-12-,21-18-. The lowest BCUT2D eigenvalue weighted by Gasteiger charge is -2.42. The van der Waals surface area contributed by atoms with Crippen molar-refractivity contribution < 1.29 is 69.0 Å². The van der Waals surface area contributed by atoms with E-state index in [0.29, 0.717) is 13.0 Å². The largest absolute Gasteiger partial charge is 0.457 e. The highest BCUT2D eigenvalue weighted by Gasteiger charge is 2.47. The molecule has 14 heteroatoms. The fourth-order valence-electron chi connectivity index (χ4n) is 7.65. The molecule has 2 aliphatic heterocycles. The number of hydrogen-bond donors (Lipinski definition) is 7. The summed E-state index contributed by atoms with van der Waals surface area (Å²) in [4.78, 5) is 13.0. The van der Waals surface area contributed by atoms with Crippen molar-refractivity contribution in [3.63, 3.8) is 0 Å². The molecule has 0 saturated carbocycles. The predicted molar refractivity (Wildman–Crippen MR) is 243 cm³/mol. The monoisotopic (exact) mass is 901 g/mol. The average Bonchev–Trinajstić information content (AvgIpc) is 3.28. The molecule has 63 heavy (non-hydrogen) atoms. The van der Waals surface area contributed by atoms with Crippen LogP contribution < -0.4 is 0 Å². The zero-order valence-corrected chi connectivity index (χ0v) is 38.8. The number of carbonyl (C=O) groups is 1. The van der Waals surface area contributed by atoms with Crippen LogP contribution >= 0.6 is 0 Å². The Bertz CT molecular complexity index is 1180. The molecule has 0 amide bonds. The molecule has 11 unspecified atom stereocenters. The minimum Gasteiger partial charge on any atom is -0.457 e. The summed E-state index contributed by atoms with van der Waals surface area (Å²) in [6.07, 6.45) is 23.5. The summed E-state index contributed by atoms with van der Waals surface area (Å²) in [5.74, 6) is -0.384. The molecule has 2 aliphatic rings. The van der Waals surface area contributed by atoms with E-state index in [2.05, 4.69) is 50.3 Å². The smallest absolute Gasteiger partial charge is 0.306 e. The molecule has 368 valence electrons. The Hall–Kier alpha value is -1.79. The molecule has 0 bridgehead atoms. The maximum absolute atomic E-state index is 13.0. The Morgan fingerprint density at radius 2 is 1.03 bits per heavy atom. The minimum absolute atomic E-state index is 0.0483. The molecule has 14 nitrogen and oxygen atoms in total. The van der Waals surface area contributed by atoms with Gasteiger partial charge in [0.15, 0.2) is 12.6 Å². The number of hydrogen-bond acceptors (Lipinski definition) is 14. The Morgan fingerprint density at radius 3 is 1.62 bits per heavy atom. The van der Waals surface area contributed by atoms with Crippen LogP contribution in [0.1, 0.15) is 168 Å². The Labute approximate surface area is 379 Å². The molecule has 0 aromatic carbocycles. The molecule has 0 aliphatic carbocycles. The molecule has 0 aromatic rings. The zero-order valence-electron chi connectivity index (χ0n) is 38.8. The third-order valence-electron chi connectivity index (χ3n) is 11.7. The van der Waals surface area contributed by atoms with E-state index in [1.165, 1.54) is 70.6 Å². The summed E-state index contributed by atoms with van der Waals surface area (Å²) in [7, 11) is 0. The number of ether oxygens (including phenoxy) is 6. The third-order valence-corrected chi connectivity index (χ3v) is 11.7. The van der Waals surface area contributed by atoms with Crippen LogP contribution in [0.3, 0.4) is 0 Å². The normalized spacial score (nSPS) is 27.3. The van der Waals surface area contributed by atoms with Crippen LogP contribution in [0, 0.1) is 0 Å². The first kappa shape index (κ1) is 57.3. The number of aliphatic hydroxyl groups is 7. The highest BCUT2D eigenvalue weighted by atomic mass is 16.7. The van der Waals surface area contributed by atoms with E-state index in [0.717, 1.165) is 70.6 Å². The third kappa shape index (κ3) is 25.6. The van der Waals surface area contributed by atoms with Crippen LogP contribution in [0.2, 0.25) is 0 Å². The van der Waals surface area contributed by atoms with Crippen LogP contribution in [0.25, 0.3) is 0 Å². The SMILES string of the molecule is CC/C=C\C/C=C\C/C=C\CCCCCCOCC(COC1OC(COC2OC(CO)C(O)C(O)C2O)C(O)C(O)C1O)OC(=O)CCCCCCCCCCCCCCCCC. The molecular formula is C49H88O14. The first-order valence-corrected chi connectivity index (χ1v) is 24.6. The van der Waals surface area contributed by atoms with Gasteiger partial charge in [-0.05, 0) is 44.9 Å². The van der Waals surface area contributed by atoms with Gasteiger partial charge in [0.1, 0.15) is 54.9 Å². The maximum atomic E-state index is 13.0. The van der Waals surface area contributed by atoms with Gasteiger partial charge in [-0.3, -0.25) is 4.79 Å². The molecule has 0 spiro atoms. The fourth-order valence-corrected chi connectivity index (χ4v) is 7.65. The first-order chi connectivity index (χ1) is 30.6. The number of rotatable bonds is 38. The molecule has 11 atom stereocenters. The minimum atomic E-state index is -1.71. The van der Waals surface area contributed by atoms with Crippen molar-refractivity contribution in [2.75, 3.05) is 33.0 Å². The van der Waals surface area contributed by atoms with E-state index in [-0.39, 0.29) is 25.6 Å². The quantitative estimate of drug-likeness (QED) is 0.0197. The van der Waals surface area contributed by atoms with Crippen LogP contribution in [0.15, 0.2) is 36.5 Å². The van der Waals surface area contributed by atoms with E-state index in [9.17, 15) is 40.5 Å². The van der Waals surface area contributed by atoms with Gasteiger partial charge in [-0.2, -0.15) is 0 Å². The van der Waals surface area contributed by atoms with Crippen molar-refractivity contribution in [1.29, 1.82) is 0 Å². The van der Waals surface area contributed by atoms with E-state index in [1.807, 2.05) is 0 Å².